The van der Waals surface area contributed by atoms with Gasteiger partial charge in [-0.25, -0.2) is 19.2 Å². The molecule has 0 unspecified atom stereocenters. The van der Waals surface area contributed by atoms with Crippen LogP contribution in [0.1, 0.15) is 27.6 Å². The van der Waals surface area contributed by atoms with E-state index in [1.165, 1.54) is 28.7 Å². The molecular weight excluding hydrogens is 489 g/mol. The Morgan fingerprint density at radius 2 is 2.09 bits per heavy atom. The van der Waals surface area contributed by atoms with E-state index in [2.05, 4.69) is 15.3 Å². The number of rotatable bonds is 5. The van der Waals surface area contributed by atoms with E-state index < -0.39 is 6.09 Å². The molecule has 3 atom stereocenters. The maximum Gasteiger partial charge on any atom is 0.414 e. The summed E-state index contributed by atoms with van der Waals surface area (Å²) in [6.45, 7) is 4.48. The van der Waals surface area contributed by atoms with Crippen molar-refractivity contribution < 1.29 is 18.7 Å². The molecule has 0 spiro atoms. The first-order chi connectivity index (χ1) is 16.9. The summed E-state index contributed by atoms with van der Waals surface area (Å²) in [6.07, 6.45) is 2.24. The second-order valence-corrected chi connectivity index (χ2v) is 11.0. The van der Waals surface area contributed by atoms with Crippen LogP contribution in [0.15, 0.2) is 35.8 Å². The summed E-state index contributed by atoms with van der Waals surface area (Å²) < 4.78 is 21.8. The van der Waals surface area contributed by atoms with E-state index in [1.807, 2.05) is 12.3 Å². The van der Waals surface area contributed by atoms with E-state index in [4.69, 9.17) is 4.74 Å². The molecule has 4 heterocycles. The zero-order valence-electron chi connectivity index (χ0n) is 19.0. The molecule has 1 N–H and O–H groups in total. The molecule has 11 heteroatoms. The van der Waals surface area contributed by atoms with Crippen molar-refractivity contribution in [3.63, 3.8) is 0 Å². The molecule has 2 amide bonds. The Morgan fingerprint density at radius 1 is 1.26 bits per heavy atom. The number of halogens is 1. The van der Waals surface area contributed by atoms with Gasteiger partial charge in [-0.3, -0.25) is 9.20 Å². The monoisotopic (exact) mass is 511 g/mol. The number of benzene rings is 1. The van der Waals surface area contributed by atoms with Crippen LogP contribution >= 0.6 is 22.7 Å². The lowest BCUT2D eigenvalue weighted by molar-refractivity contribution is 0.0700. The molecule has 8 nitrogen and oxygen atoms in total. The number of likely N-dealkylation sites (tertiary alicyclic amines) is 1. The van der Waals surface area contributed by atoms with Gasteiger partial charge in [0.25, 0.3) is 5.91 Å². The second kappa shape index (κ2) is 8.42. The molecule has 0 bridgehead atoms. The summed E-state index contributed by atoms with van der Waals surface area (Å²) in [5.41, 5.74) is 1.27. The number of ether oxygens (including phenoxy) is 1. The number of hydrogen-bond donors (Lipinski definition) is 1. The van der Waals surface area contributed by atoms with Crippen molar-refractivity contribution >= 4 is 39.6 Å². The standard InChI is InChI=1S/C24H22FN5O3S2/c1-12-22(29-7-8-34-23(29)27-12)33-24(32)26-10-18-16-9-14(16)11-30(18)21(31)19-20(35-13(2)28-19)15-5-3-4-6-17(15)25/h3-8,14,16,18H,9-11H2,1-2H3,(H,26,32)/t14-,16-,18+/m0/s1. The largest absolute Gasteiger partial charge is 0.414 e. The lowest BCUT2D eigenvalue weighted by Crippen LogP contribution is -2.46. The molecule has 3 aromatic heterocycles. The SMILES string of the molecule is Cc1nc(C(=O)N2C[C@@H]3C[C@@H]3[C@H]2CNC(=O)Oc2c(C)nc3sccn23)c(-c2ccccc2F)s1. The van der Waals surface area contributed by atoms with Gasteiger partial charge < -0.3 is 15.0 Å². The van der Waals surface area contributed by atoms with Gasteiger partial charge in [-0.2, -0.15) is 0 Å². The zero-order valence-corrected chi connectivity index (χ0v) is 20.7. The molecule has 35 heavy (non-hydrogen) atoms. The number of imidazole rings is 1. The average Bonchev–Trinajstić information content (AvgIpc) is 3.15. The van der Waals surface area contributed by atoms with E-state index in [0.29, 0.717) is 45.4 Å². The van der Waals surface area contributed by atoms with E-state index in [0.717, 1.165) is 11.4 Å². The fourth-order valence-electron chi connectivity index (χ4n) is 4.91. The molecule has 1 saturated heterocycles. The third-order valence-electron chi connectivity index (χ3n) is 6.65. The number of hydrogen-bond acceptors (Lipinski definition) is 7. The molecule has 4 aromatic rings. The van der Waals surface area contributed by atoms with Crippen molar-refractivity contribution in [3.05, 3.63) is 58.1 Å². The van der Waals surface area contributed by atoms with Gasteiger partial charge in [0.05, 0.1) is 15.9 Å². The quantitative estimate of drug-likeness (QED) is 0.426. The molecule has 180 valence electrons. The normalized spacial score (nSPS) is 20.8. The predicted octanol–water partition coefficient (Wildman–Crippen LogP) is 4.52. The van der Waals surface area contributed by atoms with Crippen molar-refractivity contribution in [1.82, 2.24) is 24.6 Å². The molecule has 6 rings (SSSR count). The fraction of sp³-hybridized carbons (Fsp3) is 0.333. The summed E-state index contributed by atoms with van der Waals surface area (Å²) in [5, 5.41) is 5.40. The Hall–Kier alpha value is -3.31. The van der Waals surface area contributed by atoms with Gasteiger partial charge >= 0.3 is 6.09 Å². The van der Waals surface area contributed by atoms with Gasteiger partial charge in [-0.05, 0) is 38.2 Å². The maximum atomic E-state index is 14.5. The minimum absolute atomic E-state index is 0.164. The minimum atomic E-state index is -0.589. The third-order valence-corrected chi connectivity index (χ3v) is 8.41. The Bertz CT molecular complexity index is 1460. The number of aryl methyl sites for hydroxylation is 2. The number of thiazole rings is 2. The summed E-state index contributed by atoms with van der Waals surface area (Å²) >= 11 is 2.77. The number of aromatic nitrogens is 3. The molecule has 1 saturated carbocycles. The molecular formula is C24H22FN5O3S2. The van der Waals surface area contributed by atoms with E-state index in [9.17, 15) is 14.0 Å². The van der Waals surface area contributed by atoms with E-state index in [1.54, 1.807) is 40.6 Å². The van der Waals surface area contributed by atoms with Gasteiger partial charge in [0, 0.05) is 30.2 Å². The number of nitrogens with one attached hydrogen (secondary N) is 1. The molecule has 0 radical (unpaired) electrons. The smallest absolute Gasteiger partial charge is 0.391 e. The van der Waals surface area contributed by atoms with Gasteiger partial charge in [-0.15, -0.1) is 22.7 Å². The first-order valence-electron chi connectivity index (χ1n) is 11.3. The Morgan fingerprint density at radius 3 is 2.91 bits per heavy atom. The van der Waals surface area contributed by atoms with Gasteiger partial charge in [0.1, 0.15) is 17.2 Å². The number of fused-ring (bicyclic) bond motifs is 2. The number of piperidine rings is 1. The van der Waals surface area contributed by atoms with E-state index >= 15 is 0 Å². The van der Waals surface area contributed by atoms with Crippen molar-refractivity contribution in [1.29, 1.82) is 0 Å². The predicted molar refractivity (Wildman–Crippen MR) is 130 cm³/mol. The second-order valence-electron chi connectivity index (χ2n) is 8.90. The zero-order chi connectivity index (χ0) is 24.3. The number of carbonyl (C=O) groups is 2. The van der Waals surface area contributed by atoms with Gasteiger partial charge in [0.15, 0.2) is 4.96 Å². The summed E-state index contributed by atoms with van der Waals surface area (Å²) in [4.78, 5) is 38.1. The third kappa shape index (κ3) is 3.88. The lowest BCUT2D eigenvalue weighted by Gasteiger charge is -2.27. The molecule has 2 aliphatic rings. The number of nitrogens with zero attached hydrogens (tertiary/aromatic N) is 4. The van der Waals surface area contributed by atoms with E-state index in [-0.39, 0.29) is 30.0 Å². The van der Waals surface area contributed by atoms with Crippen LogP contribution in [0.25, 0.3) is 15.4 Å². The lowest BCUT2D eigenvalue weighted by atomic mass is 10.1. The molecule has 2 fully saturated rings. The fourth-order valence-corrected chi connectivity index (χ4v) is 6.60. The number of amides is 2. The Labute approximate surface area is 208 Å². The first-order valence-corrected chi connectivity index (χ1v) is 13.0. The van der Waals surface area contributed by atoms with Crippen LogP contribution in [0.2, 0.25) is 0 Å². The Balaban J connectivity index is 1.19. The highest BCUT2D eigenvalue weighted by atomic mass is 32.1. The van der Waals surface area contributed by atoms with Crippen molar-refractivity contribution in [3.8, 4) is 16.3 Å². The minimum Gasteiger partial charge on any atom is -0.391 e. The summed E-state index contributed by atoms with van der Waals surface area (Å²) in [5.74, 6) is 0.517. The van der Waals surface area contributed by atoms with Crippen molar-refractivity contribution in [2.45, 2.75) is 26.3 Å². The topological polar surface area (TPSA) is 88.8 Å². The molecule has 1 aliphatic carbocycles. The van der Waals surface area contributed by atoms with Crippen LogP contribution in [-0.2, 0) is 0 Å². The molecule has 1 aliphatic heterocycles. The van der Waals surface area contributed by atoms with Crippen LogP contribution < -0.4 is 10.1 Å². The average molecular weight is 512 g/mol. The van der Waals surface area contributed by atoms with Crippen LogP contribution in [0.5, 0.6) is 5.88 Å². The highest BCUT2D eigenvalue weighted by Crippen LogP contribution is 2.50. The highest BCUT2D eigenvalue weighted by molar-refractivity contribution is 7.15. The van der Waals surface area contributed by atoms with Gasteiger partial charge in [-0.1, -0.05) is 18.2 Å². The van der Waals surface area contributed by atoms with Crippen LogP contribution in [0, 0.1) is 31.5 Å². The first kappa shape index (κ1) is 22.2. The summed E-state index contributed by atoms with van der Waals surface area (Å²) in [7, 11) is 0. The van der Waals surface area contributed by atoms with Crippen molar-refractivity contribution in [2.24, 2.45) is 11.8 Å². The molecule has 1 aromatic carbocycles. The van der Waals surface area contributed by atoms with Crippen LogP contribution in [-0.4, -0.2) is 50.4 Å². The van der Waals surface area contributed by atoms with Crippen LogP contribution in [0.3, 0.4) is 0 Å². The number of carbonyl (C=O) groups excluding carboxylic acids is 2. The van der Waals surface area contributed by atoms with Crippen LogP contribution in [0.4, 0.5) is 9.18 Å². The Kier molecular flexibility index (Phi) is 5.33. The highest BCUT2D eigenvalue weighted by Gasteiger charge is 2.54. The van der Waals surface area contributed by atoms with Gasteiger partial charge in [0.2, 0.25) is 5.88 Å². The maximum absolute atomic E-state index is 14.5. The summed E-state index contributed by atoms with van der Waals surface area (Å²) in [6, 6.07) is 6.25. The van der Waals surface area contributed by atoms with Crippen molar-refractivity contribution in [2.75, 3.05) is 13.1 Å².